The average molecular weight is 173 g/mol. The Balaban J connectivity index is 2.45. The van der Waals surface area contributed by atoms with Gasteiger partial charge in [0.1, 0.15) is 0 Å². The fourth-order valence-corrected chi connectivity index (χ4v) is 1.49. The second-order valence-corrected chi connectivity index (χ2v) is 3.38. The molecule has 0 radical (unpaired) electrons. The van der Waals surface area contributed by atoms with Gasteiger partial charge in [0.25, 0.3) is 0 Å². The summed E-state index contributed by atoms with van der Waals surface area (Å²) in [6.45, 7) is 5.83. The van der Waals surface area contributed by atoms with Crippen molar-refractivity contribution in [2.75, 3.05) is 5.32 Å². The molecule has 1 aliphatic heterocycles. The second-order valence-electron chi connectivity index (χ2n) is 3.38. The van der Waals surface area contributed by atoms with Crippen LogP contribution in [0.15, 0.2) is 24.8 Å². The lowest BCUT2D eigenvalue weighted by molar-refractivity contribution is -0.115. The van der Waals surface area contributed by atoms with Crippen LogP contribution >= 0.6 is 0 Å². The minimum absolute atomic E-state index is 0.0777. The van der Waals surface area contributed by atoms with Crippen molar-refractivity contribution in [2.24, 2.45) is 0 Å². The van der Waals surface area contributed by atoms with E-state index in [9.17, 15) is 4.79 Å². The lowest BCUT2D eigenvalue weighted by Crippen LogP contribution is -2.03. The lowest BCUT2D eigenvalue weighted by atomic mass is 10.0. The Kier molecular flexibility index (Phi) is 1.69. The van der Waals surface area contributed by atoms with Gasteiger partial charge in [-0.1, -0.05) is 18.2 Å². The number of hydrogen-bond acceptors (Lipinski definition) is 1. The third kappa shape index (κ3) is 1.35. The molecule has 1 aromatic carbocycles. The van der Waals surface area contributed by atoms with Gasteiger partial charge in [-0.15, -0.1) is 0 Å². The smallest absolute Gasteiger partial charge is 0.228 e. The van der Waals surface area contributed by atoms with Crippen LogP contribution in [0, 0.1) is 0 Å². The molecule has 0 aromatic heterocycles. The predicted molar refractivity (Wildman–Crippen MR) is 53.5 cm³/mol. The van der Waals surface area contributed by atoms with Gasteiger partial charge < -0.3 is 5.32 Å². The van der Waals surface area contributed by atoms with Crippen LogP contribution in [0.4, 0.5) is 5.69 Å². The third-order valence-corrected chi connectivity index (χ3v) is 2.22. The first-order chi connectivity index (χ1) is 6.16. The molecule has 0 unspecified atom stereocenters. The van der Waals surface area contributed by atoms with Gasteiger partial charge in [0.05, 0.1) is 6.42 Å². The Morgan fingerprint density at radius 1 is 1.54 bits per heavy atom. The van der Waals surface area contributed by atoms with Crippen LogP contribution in [0.1, 0.15) is 18.1 Å². The van der Waals surface area contributed by atoms with Crippen LogP contribution in [0.2, 0.25) is 0 Å². The number of carbonyl (C=O) groups is 1. The lowest BCUT2D eigenvalue weighted by Gasteiger charge is -2.02. The first-order valence-corrected chi connectivity index (χ1v) is 4.25. The first-order valence-electron chi connectivity index (χ1n) is 4.25. The van der Waals surface area contributed by atoms with Gasteiger partial charge in [0, 0.05) is 5.69 Å². The van der Waals surface area contributed by atoms with E-state index in [1.807, 2.05) is 25.1 Å². The standard InChI is InChI=1S/C11H11NO/c1-7(2)8-3-4-10-9(5-8)6-11(13)12-10/h3-5H,1,6H2,2H3,(H,12,13). The van der Waals surface area contributed by atoms with Gasteiger partial charge >= 0.3 is 0 Å². The molecule has 0 spiro atoms. The average Bonchev–Trinajstić information content (AvgIpc) is 2.42. The molecule has 0 saturated heterocycles. The number of benzene rings is 1. The maximum atomic E-state index is 11.0. The monoisotopic (exact) mass is 173 g/mol. The molecule has 2 heteroatoms. The summed E-state index contributed by atoms with van der Waals surface area (Å²) >= 11 is 0. The number of carbonyl (C=O) groups excluding carboxylic acids is 1. The summed E-state index contributed by atoms with van der Waals surface area (Å²) in [6, 6.07) is 5.94. The summed E-state index contributed by atoms with van der Waals surface area (Å²) in [6.07, 6.45) is 0.496. The summed E-state index contributed by atoms with van der Waals surface area (Å²) in [4.78, 5) is 11.0. The van der Waals surface area contributed by atoms with Crippen molar-refractivity contribution in [3.63, 3.8) is 0 Å². The molecule has 0 bridgehead atoms. The zero-order valence-corrected chi connectivity index (χ0v) is 7.55. The quantitative estimate of drug-likeness (QED) is 0.693. The molecule has 1 aliphatic rings. The maximum Gasteiger partial charge on any atom is 0.228 e. The zero-order chi connectivity index (χ0) is 9.42. The first kappa shape index (κ1) is 8.05. The number of rotatable bonds is 1. The van der Waals surface area contributed by atoms with Crippen LogP contribution in [-0.2, 0) is 11.2 Å². The Bertz CT molecular complexity index is 393. The van der Waals surface area contributed by atoms with Crippen LogP contribution in [0.25, 0.3) is 5.57 Å². The highest BCUT2D eigenvalue weighted by atomic mass is 16.1. The topological polar surface area (TPSA) is 29.1 Å². The van der Waals surface area contributed by atoms with E-state index < -0.39 is 0 Å². The van der Waals surface area contributed by atoms with Gasteiger partial charge in [-0.3, -0.25) is 4.79 Å². The second kappa shape index (κ2) is 2.73. The minimum Gasteiger partial charge on any atom is -0.326 e. The zero-order valence-electron chi connectivity index (χ0n) is 7.55. The van der Waals surface area contributed by atoms with E-state index in [1.54, 1.807) is 0 Å². The highest BCUT2D eigenvalue weighted by Crippen LogP contribution is 2.25. The summed E-state index contributed by atoms with van der Waals surface area (Å²) in [7, 11) is 0. The van der Waals surface area contributed by atoms with Gasteiger partial charge in [-0.25, -0.2) is 0 Å². The molecule has 66 valence electrons. The number of nitrogens with one attached hydrogen (secondary N) is 1. The molecule has 1 heterocycles. The molecule has 2 nitrogen and oxygen atoms in total. The van der Waals surface area contributed by atoms with Crippen molar-refractivity contribution >= 4 is 17.2 Å². The van der Waals surface area contributed by atoms with Crippen molar-refractivity contribution in [2.45, 2.75) is 13.3 Å². The van der Waals surface area contributed by atoms with E-state index in [0.29, 0.717) is 6.42 Å². The van der Waals surface area contributed by atoms with E-state index in [2.05, 4.69) is 11.9 Å². The normalized spacial score (nSPS) is 13.8. The van der Waals surface area contributed by atoms with E-state index >= 15 is 0 Å². The third-order valence-electron chi connectivity index (χ3n) is 2.22. The molecule has 1 N–H and O–H groups in total. The van der Waals surface area contributed by atoms with Crippen molar-refractivity contribution < 1.29 is 4.79 Å². The molecular weight excluding hydrogens is 162 g/mol. The van der Waals surface area contributed by atoms with Gasteiger partial charge in [0.2, 0.25) is 5.91 Å². The molecule has 13 heavy (non-hydrogen) atoms. The maximum absolute atomic E-state index is 11.0. The van der Waals surface area contributed by atoms with Crippen LogP contribution in [0.3, 0.4) is 0 Å². The Morgan fingerprint density at radius 3 is 3.00 bits per heavy atom. The van der Waals surface area contributed by atoms with E-state index in [0.717, 1.165) is 22.4 Å². The molecular formula is C11H11NO. The molecule has 0 fully saturated rings. The number of anilines is 1. The molecule has 0 aliphatic carbocycles. The van der Waals surface area contributed by atoms with E-state index in [1.165, 1.54) is 0 Å². The Morgan fingerprint density at radius 2 is 2.31 bits per heavy atom. The van der Waals surface area contributed by atoms with Crippen LogP contribution in [-0.4, -0.2) is 5.91 Å². The number of fused-ring (bicyclic) bond motifs is 1. The van der Waals surface area contributed by atoms with Gasteiger partial charge in [0.15, 0.2) is 0 Å². The summed E-state index contributed by atoms with van der Waals surface area (Å²) in [5.74, 6) is 0.0777. The molecule has 0 saturated carbocycles. The largest absolute Gasteiger partial charge is 0.326 e. The predicted octanol–water partition coefficient (Wildman–Crippen LogP) is 2.21. The fraction of sp³-hybridized carbons (Fsp3) is 0.182. The molecule has 1 aromatic rings. The van der Waals surface area contributed by atoms with Crippen LogP contribution in [0.5, 0.6) is 0 Å². The highest BCUT2D eigenvalue weighted by Gasteiger charge is 2.17. The Labute approximate surface area is 77.3 Å². The number of hydrogen-bond donors (Lipinski definition) is 1. The Hall–Kier alpha value is -1.57. The van der Waals surface area contributed by atoms with Crippen molar-refractivity contribution in [1.29, 1.82) is 0 Å². The summed E-state index contributed by atoms with van der Waals surface area (Å²) in [5.41, 5.74) is 4.15. The van der Waals surface area contributed by atoms with Crippen LogP contribution < -0.4 is 5.32 Å². The highest BCUT2D eigenvalue weighted by molar-refractivity contribution is 5.99. The van der Waals surface area contributed by atoms with Gasteiger partial charge in [-0.2, -0.15) is 0 Å². The molecule has 2 rings (SSSR count). The van der Waals surface area contributed by atoms with E-state index in [4.69, 9.17) is 0 Å². The summed E-state index contributed by atoms with van der Waals surface area (Å²) in [5, 5.41) is 2.79. The molecule has 0 atom stereocenters. The fourth-order valence-electron chi connectivity index (χ4n) is 1.49. The minimum atomic E-state index is 0.0777. The SMILES string of the molecule is C=C(C)c1ccc2c(c1)CC(=O)N2. The van der Waals surface area contributed by atoms with Crippen molar-refractivity contribution in [1.82, 2.24) is 0 Å². The van der Waals surface area contributed by atoms with Gasteiger partial charge in [-0.05, 0) is 30.2 Å². The van der Waals surface area contributed by atoms with Crippen molar-refractivity contribution in [3.05, 3.63) is 35.9 Å². The number of amides is 1. The van der Waals surface area contributed by atoms with Crippen molar-refractivity contribution in [3.8, 4) is 0 Å². The summed E-state index contributed by atoms with van der Waals surface area (Å²) < 4.78 is 0. The number of allylic oxidation sites excluding steroid dienone is 1. The molecule has 1 amide bonds. The van der Waals surface area contributed by atoms with E-state index in [-0.39, 0.29) is 5.91 Å².